The highest BCUT2D eigenvalue weighted by molar-refractivity contribution is 6.31. The maximum Gasteiger partial charge on any atom is 0.0768 e. The third kappa shape index (κ3) is 2.83. The average molecular weight is 243 g/mol. The van der Waals surface area contributed by atoms with E-state index >= 15 is 0 Å². The van der Waals surface area contributed by atoms with Gasteiger partial charge in [-0.2, -0.15) is 5.26 Å². The molecule has 84 valence electrons. The van der Waals surface area contributed by atoms with E-state index in [0.29, 0.717) is 11.4 Å². The molecule has 0 N–H and O–H groups in total. The number of pyridine rings is 1. The van der Waals surface area contributed by atoms with Crippen molar-refractivity contribution in [2.45, 2.75) is 12.3 Å². The van der Waals surface area contributed by atoms with Gasteiger partial charge in [-0.15, -0.1) is 0 Å². The first-order chi connectivity index (χ1) is 8.31. The van der Waals surface area contributed by atoms with Crippen LogP contribution in [-0.4, -0.2) is 4.98 Å². The van der Waals surface area contributed by atoms with E-state index in [0.717, 1.165) is 11.1 Å². The van der Waals surface area contributed by atoms with Crippen molar-refractivity contribution >= 4 is 11.6 Å². The summed E-state index contributed by atoms with van der Waals surface area (Å²) in [5.41, 5.74) is 1.92. The van der Waals surface area contributed by atoms with Crippen LogP contribution in [-0.2, 0) is 6.42 Å². The number of aromatic nitrogens is 1. The minimum atomic E-state index is -0.205. The standard InChI is InChI=1S/C14H11ClN2/c15-14-6-2-1-4-11(14)8-13(9-16)12-5-3-7-17-10-12/h1-7,10,13H,8H2. The minimum absolute atomic E-state index is 0.205. The summed E-state index contributed by atoms with van der Waals surface area (Å²) in [7, 11) is 0. The van der Waals surface area contributed by atoms with Gasteiger partial charge in [0.2, 0.25) is 0 Å². The van der Waals surface area contributed by atoms with Crippen molar-refractivity contribution in [1.82, 2.24) is 4.98 Å². The van der Waals surface area contributed by atoms with E-state index in [4.69, 9.17) is 11.6 Å². The molecule has 0 fully saturated rings. The van der Waals surface area contributed by atoms with Gasteiger partial charge in [0.15, 0.2) is 0 Å². The fourth-order valence-corrected chi connectivity index (χ4v) is 1.92. The zero-order chi connectivity index (χ0) is 12.1. The number of rotatable bonds is 3. The first kappa shape index (κ1) is 11.6. The summed E-state index contributed by atoms with van der Waals surface area (Å²) in [4.78, 5) is 4.03. The number of hydrogen-bond donors (Lipinski definition) is 0. The van der Waals surface area contributed by atoms with Gasteiger partial charge < -0.3 is 0 Å². The molecule has 0 saturated carbocycles. The van der Waals surface area contributed by atoms with Crippen LogP contribution >= 0.6 is 11.6 Å². The Labute approximate surface area is 105 Å². The van der Waals surface area contributed by atoms with Gasteiger partial charge in [0.05, 0.1) is 12.0 Å². The van der Waals surface area contributed by atoms with Gasteiger partial charge in [-0.25, -0.2) is 0 Å². The van der Waals surface area contributed by atoms with Crippen LogP contribution in [0.1, 0.15) is 17.0 Å². The molecule has 0 saturated heterocycles. The van der Waals surface area contributed by atoms with Crippen molar-refractivity contribution in [2.75, 3.05) is 0 Å². The number of halogens is 1. The minimum Gasteiger partial charge on any atom is -0.264 e. The number of benzene rings is 1. The third-order valence-electron chi connectivity index (χ3n) is 2.62. The quantitative estimate of drug-likeness (QED) is 0.825. The Morgan fingerprint density at radius 3 is 2.71 bits per heavy atom. The van der Waals surface area contributed by atoms with E-state index in [1.54, 1.807) is 12.4 Å². The molecule has 2 rings (SSSR count). The topological polar surface area (TPSA) is 36.7 Å². The largest absolute Gasteiger partial charge is 0.264 e. The van der Waals surface area contributed by atoms with Crippen LogP contribution in [0.3, 0.4) is 0 Å². The molecular weight excluding hydrogens is 232 g/mol. The maximum atomic E-state index is 9.21. The summed E-state index contributed by atoms with van der Waals surface area (Å²) < 4.78 is 0. The van der Waals surface area contributed by atoms with Gasteiger partial charge >= 0.3 is 0 Å². The van der Waals surface area contributed by atoms with Crippen molar-refractivity contribution in [3.8, 4) is 6.07 Å². The molecule has 3 heteroatoms. The average Bonchev–Trinajstić information content (AvgIpc) is 2.39. The predicted molar refractivity (Wildman–Crippen MR) is 67.7 cm³/mol. The Morgan fingerprint density at radius 1 is 1.24 bits per heavy atom. The molecule has 1 aromatic carbocycles. The Balaban J connectivity index is 2.23. The van der Waals surface area contributed by atoms with Gasteiger partial charge in [-0.05, 0) is 29.7 Å². The zero-order valence-electron chi connectivity index (χ0n) is 9.18. The van der Waals surface area contributed by atoms with Gasteiger partial charge in [0.25, 0.3) is 0 Å². The van der Waals surface area contributed by atoms with Crippen LogP contribution in [0.15, 0.2) is 48.8 Å². The molecular formula is C14H11ClN2. The van der Waals surface area contributed by atoms with Crippen molar-refractivity contribution in [2.24, 2.45) is 0 Å². The lowest BCUT2D eigenvalue weighted by Crippen LogP contribution is -2.01. The normalized spacial score (nSPS) is 11.8. The van der Waals surface area contributed by atoms with Crippen LogP contribution in [0.5, 0.6) is 0 Å². The Kier molecular flexibility index (Phi) is 3.74. The first-order valence-electron chi connectivity index (χ1n) is 5.34. The van der Waals surface area contributed by atoms with E-state index in [-0.39, 0.29) is 5.92 Å². The highest BCUT2D eigenvalue weighted by Crippen LogP contribution is 2.24. The summed E-state index contributed by atoms with van der Waals surface area (Å²) in [6.07, 6.45) is 4.04. The maximum absolute atomic E-state index is 9.21. The Morgan fingerprint density at radius 2 is 2.06 bits per heavy atom. The summed E-state index contributed by atoms with van der Waals surface area (Å²) in [5, 5.41) is 9.92. The van der Waals surface area contributed by atoms with E-state index in [9.17, 15) is 5.26 Å². The molecule has 0 bridgehead atoms. The highest BCUT2D eigenvalue weighted by Gasteiger charge is 2.12. The molecule has 0 aliphatic carbocycles. The van der Waals surface area contributed by atoms with Crippen molar-refractivity contribution in [1.29, 1.82) is 5.26 Å². The molecule has 0 radical (unpaired) electrons. The van der Waals surface area contributed by atoms with Gasteiger partial charge in [0.1, 0.15) is 0 Å². The molecule has 0 aliphatic rings. The molecule has 0 amide bonds. The molecule has 1 heterocycles. The lowest BCUT2D eigenvalue weighted by atomic mass is 9.94. The summed E-state index contributed by atoms with van der Waals surface area (Å²) >= 11 is 6.09. The van der Waals surface area contributed by atoms with Gasteiger partial charge in [-0.1, -0.05) is 35.9 Å². The smallest absolute Gasteiger partial charge is 0.0768 e. The van der Waals surface area contributed by atoms with Crippen LogP contribution in [0, 0.1) is 11.3 Å². The van der Waals surface area contributed by atoms with Crippen molar-refractivity contribution in [3.05, 3.63) is 64.9 Å². The summed E-state index contributed by atoms with van der Waals surface area (Å²) in [6, 6.07) is 13.7. The third-order valence-corrected chi connectivity index (χ3v) is 2.99. The fourth-order valence-electron chi connectivity index (χ4n) is 1.70. The number of nitriles is 1. The van der Waals surface area contributed by atoms with Crippen molar-refractivity contribution in [3.63, 3.8) is 0 Å². The molecule has 1 atom stereocenters. The van der Waals surface area contributed by atoms with Crippen LogP contribution in [0.25, 0.3) is 0 Å². The number of nitrogens with zero attached hydrogens (tertiary/aromatic N) is 2. The second kappa shape index (κ2) is 5.47. The predicted octanol–water partition coefficient (Wildman–Crippen LogP) is 3.58. The van der Waals surface area contributed by atoms with Crippen LogP contribution < -0.4 is 0 Å². The highest BCUT2D eigenvalue weighted by atomic mass is 35.5. The summed E-state index contributed by atoms with van der Waals surface area (Å²) in [6.45, 7) is 0. The Bertz CT molecular complexity index is 531. The van der Waals surface area contributed by atoms with E-state index in [1.807, 2.05) is 36.4 Å². The second-order valence-electron chi connectivity index (χ2n) is 3.76. The van der Waals surface area contributed by atoms with Crippen LogP contribution in [0.4, 0.5) is 0 Å². The number of hydrogen-bond acceptors (Lipinski definition) is 2. The lowest BCUT2D eigenvalue weighted by molar-refractivity contribution is 0.843. The van der Waals surface area contributed by atoms with Gasteiger partial charge in [-0.3, -0.25) is 4.98 Å². The summed E-state index contributed by atoms with van der Waals surface area (Å²) in [5.74, 6) is -0.205. The van der Waals surface area contributed by atoms with Crippen molar-refractivity contribution < 1.29 is 0 Å². The molecule has 0 spiro atoms. The van der Waals surface area contributed by atoms with Gasteiger partial charge in [0, 0.05) is 17.4 Å². The first-order valence-corrected chi connectivity index (χ1v) is 5.72. The van der Waals surface area contributed by atoms with E-state index in [1.165, 1.54) is 0 Å². The SMILES string of the molecule is N#CC(Cc1ccccc1Cl)c1cccnc1. The van der Waals surface area contributed by atoms with E-state index in [2.05, 4.69) is 11.1 Å². The molecule has 17 heavy (non-hydrogen) atoms. The fraction of sp³-hybridized carbons (Fsp3) is 0.143. The molecule has 2 nitrogen and oxygen atoms in total. The Hall–Kier alpha value is -1.85. The molecule has 2 aromatic rings. The molecule has 1 unspecified atom stereocenters. The van der Waals surface area contributed by atoms with Crippen LogP contribution in [0.2, 0.25) is 5.02 Å². The molecule has 1 aromatic heterocycles. The second-order valence-corrected chi connectivity index (χ2v) is 4.17. The van der Waals surface area contributed by atoms with E-state index < -0.39 is 0 Å². The zero-order valence-corrected chi connectivity index (χ0v) is 9.93. The lowest BCUT2D eigenvalue weighted by Gasteiger charge is -2.10. The molecule has 0 aliphatic heterocycles. The monoisotopic (exact) mass is 242 g/mol.